The van der Waals surface area contributed by atoms with E-state index < -0.39 is 229 Å². The van der Waals surface area contributed by atoms with Crippen LogP contribution in [0.5, 0.6) is 0 Å². The number of hydrogen-bond donors (Lipinski definition) is 15. The Bertz CT molecular complexity index is 3440. The van der Waals surface area contributed by atoms with E-state index in [1.807, 2.05) is 13.8 Å². The smallest absolute Gasteiger partial charge is 0.326 e. The van der Waals surface area contributed by atoms with Gasteiger partial charge in [0.05, 0.1) is 25.0 Å². The zero-order valence-electron chi connectivity index (χ0n) is 63.6. The third-order valence-corrected chi connectivity index (χ3v) is 20.9. The van der Waals surface area contributed by atoms with Crippen molar-refractivity contribution in [3.8, 4) is 0 Å². The summed E-state index contributed by atoms with van der Waals surface area (Å²) in [6, 6.07) is -20.7. The summed E-state index contributed by atoms with van der Waals surface area (Å²) >= 11 is 4.13. The first-order chi connectivity index (χ1) is 51.8. The maximum Gasteiger partial charge on any atom is 0.326 e. The molecule has 0 unspecified atom stereocenters. The second-order valence-electron chi connectivity index (χ2n) is 30.6. The van der Waals surface area contributed by atoms with Crippen LogP contribution in [0.2, 0.25) is 0 Å². The monoisotopic (exact) mass is 1570 g/mol. The fraction of sp³-hybridized carbons (Fsp3) is 0.746. The number of rotatable bonds is 38. The lowest BCUT2D eigenvalue weighted by Crippen LogP contribution is -2.61. The number of carboxylic acid groups (broad SMARTS) is 4. The molecule has 16 atom stereocenters. The largest absolute Gasteiger partial charge is 0.481 e. The minimum absolute atomic E-state index is 0.0118. The van der Waals surface area contributed by atoms with Crippen molar-refractivity contribution in [1.29, 1.82) is 0 Å². The molecule has 0 saturated carbocycles. The van der Waals surface area contributed by atoms with Crippen molar-refractivity contribution >= 4 is 119 Å². The lowest BCUT2D eigenvalue weighted by molar-refractivity contribution is -0.152. The highest BCUT2D eigenvalue weighted by atomic mass is 32.1. The Kier molecular flexibility index (Phi) is 33.5. The van der Waals surface area contributed by atoms with Gasteiger partial charge in [0.2, 0.25) is 82.7 Å². The first-order valence-electron chi connectivity index (χ1n) is 37.9. The van der Waals surface area contributed by atoms with Gasteiger partial charge in [0, 0.05) is 51.4 Å². The van der Waals surface area contributed by atoms with Gasteiger partial charge in [0.15, 0.2) is 0 Å². The maximum atomic E-state index is 14.8. The average Bonchev–Trinajstić information content (AvgIpc) is 1.63. The molecule has 6 rings (SSSR count). The number of aliphatic carboxylic acids is 4. The number of carbonyl (C=O) groups excluding carboxylic acids is 14. The van der Waals surface area contributed by atoms with Crippen molar-refractivity contribution in [3.63, 3.8) is 0 Å². The van der Waals surface area contributed by atoms with Crippen molar-refractivity contribution in [2.75, 3.05) is 45.0 Å². The van der Waals surface area contributed by atoms with Crippen molar-refractivity contribution in [2.45, 2.75) is 274 Å². The number of aliphatic hydroxyl groups is 1. The van der Waals surface area contributed by atoms with Gasteiger partial charge < -0.3 is 103 Å². The minimum Gasteiger partial charge on any atom is -0.481 e. The zero-order chi connectivity index (χ0) is 81.9. The number of nitrogens with two attached hydrogens (primary N) is 1. The van der Waals surface area contributed by atoms with Gasteiger partial charge in [0.25, 0.3) is 0 Å². The van der Waals surface area contributed by atoms with Gasteiger partial charge in [-0.1, -0.05) is 41.5 Å². The van der Waals surface area contributed by atoms with E-state index in [1.54, 1.807) is 27.7 Å². The van der Waals surface area contributed by atoms with Crippen LogP contribution in [0.3, 0.4) is 0 Å². The molecule has 614 valence electrons. The fourth-order valence-electron chi connectivity index (χ4n) is 15.1. The Balaban J connectivity index is 1.09. The molecule has 15 N–H and O–H groups in total. The predicted octanol–water partition coefficient (Wildman–Crippen LogP) is -3.49. The molecular formula is C71H111N15O23S. The first-order valence-corrected chi connectivity index (χ1v) is 38.6. The van der Waals surface area contributed by atoms with Crippen LogP contribution in [0, 0.1) is 17.8 Å². The second-order valence-corrected chi connectivity index (χ2v) is 31.0. The van der Waals surface area contributed by atoms with Gasteiger partial charge in [-0.05, 0) is 134 Å². The van der Waals surface area contributed by atoms with Crippen LogP contribution in [0.4, 0.5) is 0 Å². The normalized spacial score (nSPS) is 22.5. The molecule has 6 aliphatic rings. The number of hydrogen-bond acceptors (Lipinski definition) is 21. The van der Waals surface area contributed by atoms with Crippen molar-refractivity contribution in [2.24, 2.45) is 23.5 Å². The summed E-state index contributed by atoms with van der Waals surface area (Å²) in [6.07, 6.45) is -1.96. The molecule has 110 heavy (non-hydrogen) atoms. The summed E-state index contributed by atoms with van der Waals surface area (Å²) < 4.78 is 0. The quantitative estimate of drug-likeness (QED) is 0.0267. The summed E-state index contributed by atoms with van der Waals surface area (Å²) in [7, 11) is 0. The Morgan fingerprint density at radius 2 is 0.727 bits per heavy atom. The lowest BCUT2D eigenvalue weighted by atomic mass is 10.0. The molecule has 0 aromatic rings. The van der Waals surface area contributed by atoms with Crippen LogP contribution in [0.15, 0.2) is 0 Å². The van der Waals surface area contributed by atoms with Gasteiger partial charge in [-0.15, -0.1) is 0 Å². The highest BCUT2D eigenvalue weighted by Gasteiger charge is 2.50. The van der Waals surface area contributed by atoms with Crippen LogP contribution in [-0.4, -0.2) is 303 Å². The van der Waals surface area contributed by atoms with E-state index in [2.05, 4.69) is 55.2 Å². The number of nitrogens with zero attached hydrogens (tertiary/aromatic N) is 6. The predicted molar refractivity (Wildman–Crippen MR) is 390 cm³/mol. The average molecular weight is 1570 g/mol. The molecule has 0 bridgehead atoms. The molecule has 0 aromatic heterocycles. The van der Waals surface area contributed by atoms with Gasteiger partial charge in [-0.2, -0.15) is 12.6 Å². The molecule has 6 fully saturated rings. The fourth-order valence-corrected chi connectivity index (χ4v) is 15.4. The molecule has 14 amide bonds. The summed E-state index contributed by atoms with van der Waals surface area (Å²) in [5.74, 6) is -18.4. The lowest BCUT2D eigenvalue weighted by Gasteiger charge is -2.35. The molecule has 6 aliphatic heterocycles. The number of carbonyl (C=O) groups is 18. The molecule has 0 aromatic carbocycles. The van der Waals surface area contributed by atoms with Crippen LogP contribution < -0.4 is 48.3 Å². The van der Waals surface area contributed by atoms with E-state index in [-0.39, 0.29) is 133 Å². The number of thiol groups is 1. The standard InChI is InChI=1S/C71H111N15O23S/c1-35(2)29-40(72)57(94)79-46(34-110)61(98)76-43(32-54(90)91)60(97)75-42(30-36(3)4)59(96)73-38(7)65(102)81-23-9-15-47(81)62(99)74-41(21-22-53(88)89)58(95)77-45(33-55(92)93)67(104)84-26-11-17-49(84)69(106)85-27-13-19-51(85)68(105)82-24-10-16-48(82)63(100)80-56(39(8)87)64(101)78-44(31-37(5)6)66(103)83-25-12-18-50(83)70(107)86-28-14-20-52(86)71(108)109/h35-52,56,87,110H,9-34,72H2,1-8H3,(H,73,96)(H,74,99)(H,75,97)(H,76,98)(H,77,95)(H,78,101)(H,79,94)(H,80,100)(H,88,89)(H,90,91)(H,92,93)(H,108,109)/t38-,39+,40-,41-,42-,43-,44-,45-,46-,47-,48-,49-,50-,51-,52-,56-/m0/s1. The van der Waals surface area contributed by atoms with Crippen LogP contribution in [-0.2, 0) is 86.3 Å². The maximum absolute atomic E-state index is 14.8. The number of amides is 14. The topological polar surface area (TPSA) is 550 Å². The van der Waals surface area contributed by atoms with Crippen molar-refractivity contribution in [3.05, 3.63) is 0 Å². The van der Waals surface area contributed by atoms with Crippen LogP contribution >= 0.6 is 12.6 Å². The minimum atomic E-state index is -1.93. The molecule has 0 spiro atoms. The summed E-state index contributed by atoms with van der Waals surface area (Å²) in [5.41, 5.74) is 5.97. The molecule has 0 radical (unpaired) electrons. The van der Waals surface area contributed by atoms with E-state index in [0.717, 1.165) is 9.80 Å². The molecular weight excluding hydrogens is 1460 g/mol. The molecule has 0 aliphatic carbocycles. The number of carboxylic acids is 4. The highest BCUT2D eigenvalue weighted by Crippen LogP contribution is 2.31. The van der Waals surface area contributed by atoms with Gasteiger partial charge >= 0.3 is 23.9 Å². The molecule has 6 saturated heterocycles. The third kappa shape index (κ3) is 24.1. The van der Waals surface area contributed by atoms with E-state index in [0.29, 0.717) is 25.7 Å². The van der Waals surface area contributed by atoms with E-state index in [9.17, 15) is 112 Å². The highest BCUT2D eigenvalue weighted by molar-refractivity contribution is 7.80. The SMILES string of the molecule is CC(C)C[C@H](NC(=O)[C@H](CC(=O)O)NC(=O)[C@H](CS)NC(=O)[C@@H](N)CC(C)C)C(=O)N[C@@H](C)C(=O)N1CCC[C@H]1C(=O)N[C@@H](CCC(=O)O)C(=O)N[C@@H](CC(=O)O)C(=O)N1CCC[C@H]1C(=O)N1CCC[C@H]1C(=O)N1CCC[C@H]1C(=O)N[C@H](C(=O)N[C@@H](CC(C)C)C(=O)N1CCC[C@H]1C(=O)N1CCC[C@H]1C(=O)O)[C@@H](C)O. The van der Waals surface area contributed by atoms with Gasteiger partial charge in [-0.25, -0.2) is 4.79 Å². The first kappa shape index (κ1) is 89.6. The van der Waals surface area contributed by atoms with Crippen molar-refractivity contribution < 1.29 is 112 Å². The van der Waals surface area contributed by atoms with Gasteiger partial charge in [0.1, 0.15) is 84.6 Å². The van der Waals surface area contributed by atoms with Crippen molar-refractivity contribution in [1.82, 2.24) is 71.9 Å². The number of nitrogens with one attached hydrogen (secondary N) is 8. The Morgan fingerprint density at radius 1 is 0.373 bits per heavy atom. The zero-order valence-corrected chi connectivity index (χ0v) is 64.5. The summed E-state index contributed by atoms with van der Waals surface area (Å²) in [4.78, 5) is 253. The van der Waals surface area contributed by atoms with Crippen LogP contribution in [0.1, 0.15) is 177 Å². The van der Waals surface area contributed by atoms with Crippen LogP contribution in [0.25, 0.3) is 0 Å². The third-order valence-electron chi connectivity index (χ3n) is 20.6. The second kappa shape index (κ2) is 41.1. The molecule has 38 nitrogen and oxygen atoms in total. The number of aliphatic hydroxyl groups excluding tert-OH is 1. The number of likely N-dealkylation sites (tertiary alicyclic amines) is 6. The molecule has 39 heteroatoms. The Hall–Kier alpha value is -9.27. The van der Waals surface area contributed by atoms with E-state index in [4.69, 9.17) is 5.73 Å². The van der Waals surface area contributed by atoms with E-state index >= 15 is 0 Å². The van der Waals surface area contributed by atoms with E-state index in [1.165, 1.54) is 33.4 Å². The molecule has 6 heterocycles. The Morgan fingerprint density at radius 3 is 1.20 bits per heavy atom. The summed E-state index contributed by atoms with van der Waals surface area (Å²) in [5, 5.41) is 70.1. The Labute approximate surface area is 643 Å². The van der Waals surface area contributed by atoms with Gasteiger partial charge in [-0.3, -0.25) is 81.5 Å². The summed E-state index contributed by atoms with van der Waals surface area (Å²) in [6.45, 7) is 13.4.